The van der Waals surface area contributed by atoms with Crippen molar-refractivity contribution in [2.24, 2.45) is 5.73 Å². The van der Waals surface area contributed by atoms with Crippen LogP contribution in [0.1, 0.15) is 32.6 Å². The van der Waals surface area contributed by atoms with Gasteiger partial charge in [-0.1, -0.05) is 6.92 Å². The van der Waals surface area contributed by atoms with E-state index in [0.29, 0.717) is 12.6 Å². The lowest BCUT2D eigenvalue weighted by Gasteiger charge is -2.19. The van der Waals surface area contributed by atoms with Gasteiger partial charge >= 0.3 is 0 Å². The van der Waals surface area contributed by atoms with Crippen LogP contribution in [0.2, 0.25) is 0 Å². The highest BCUT2D eigenvalue weighted by molar-refractivity contribution is 5.75. The average Bonchev–Trinajstić information content (AvgIpc) is 2.68. The maximum atomic E-state index is 10.8. The number of hydrogen-bond donors (Lipinski definition) is 2. The molecule has 3 N–H and O–H groups in total. The van der Waals surface area contributed by atoms with E-state index in [-0.39, 0.29) is 5.91 Å². The third-order valence-electron chi connectivity index (χ3n) is 3.02. The quantitative estimate of drug-likeness (QED) is 0.640. The summed E-state index contributed by atoms with van der Waals surface area (Å²) in [6, 6.07) is 0.706. The molecule has 1 heterocycles. The molecule has 4 nitrogen and oxygen atoms in total. The molecular formula is C11H23N3O. The predicted octanol–water partition coefficient (Wildman–Crippen LogP) is 0.326. The Kier molecular flexibility index (Phi) is 5.65. The summed E-state index contributed by atoms with van der Waals surface area (Å²) in [6.45, 7) is 5.52. The Bertz CT molecular complexity index is 190. The number of likely N-dealkylation sites (N-methyl/N-ethyl adjacent to an activating group) is 1. The standard InChI is InChI=1S/C11H23N3O/c1-2-14(9-11(12)15)8-4-6-10-5-3-7-13-10/h10,13H,2-9H2,1H3,(H2,12,15). The molecule has 0 bridgehead atoms. The van der Waals surface area contributed by atoms with Crippen molar-refractivity contribution >= 4 is 5.91 Å². The summed E-state index contributed by atoms with van der Waals surface area (Å²) < 4.78 is 0. The molecule has 1 unspecified atom stereocenters. The molecule has 4 heteroatoms. The van der Waals surface area contributed by atoms with Gasteiger partial charge in [0.25, 0.3) is 0 Å². The zero-order valence-corrected chi connectivity index (χ0v) is 9.67. The van der Waals surface area contributed by atoms with Gasteiger partial charge in [-0.05, 0) is 45.3 Å². The molecule has 1 fully saturated rings. The number of nitrogens with two attached hydrogens (primary N) is 1. The van der Waals surface area contributed by atoms with E-state index in [9.17, 15) is 4.79 Å². The van der Waals surface area contributed by atoms with Crippen molar-refractivity contribution in [1.82, 2.24) is 10.2 Å². The summed E-state index contributed by atoms with van der Waals surface area (Å²) in [5.74, 6) is -0.226. The summed E-state index contributed by atoms with van der Waals surface area (Å²) in [7, 11) is 0. The van der Waals surface area contributed by atoms with Gasteiger partial charge in [-0.25, -0.2) is 0 Å². The fraction of sp³-hybridized carbons (Fsp3) is 0.909. The first-order valence-electron chi connectivity index (χ1n) is 5.96. The molecule has 1 saturated heterocycles. The minimum atomic E-state index is -0.226. The van der Waals surface area contributed by atoms with Crippen molar-refractivity contribution < 1.29 is 4.79 Å². The van der Waals surface area contributed by atoms with Gasteiger partial charge in [-0.15, -0.1) is 0 Å². The zero-order valence-electron chi connectivity index (χ0n) is 9.67. The van der Waals surface area contributed by atoms with Crippen LogP contribution >= 0.6 is 0 Å². The number of nitrogens with one attached hydrogen (secondary N) is 1. The van der Waals surface area contributed by atoms with Crippen LogP contribution in [0.3, 0.4) is 0 Å². The minimum Gasteiger partial charge on any atom is -0.369 e. The van der Waals surface area contributed by atoms with Gasteiger partial charge in [0.05, 0.1) is 6.54 Å². The molecule has 1 amide bonds. The first-order chi connectivity index (χ1) is 7.22. The molecule has 1 rings (SSSR count). The van der Waals surface area contributed by atoms with Crippen molar-refractivity contribution in [1.29, 1.82) is 0 Å². The molecular weight excluding hydrogens is 190 g/mol. The van der Waals surface area contributed by atoms with Crippen LogP contribution in [0.5, 0.6) is 0 Å². The third-order valence-corrected chi connectivity index (χ3v) is 3.02. The number of rotatable bonds is 7. The van der Waals surface area contributed by atoms with Gasteiger partial charge in [0.15, 0.2) is 0 Å². The molecule has 0 aromatic carbocycles. The van der Waals surface area contributed by atoms with Crippen LogP contribution in [0, 0.1) is 0 Å². The summed E-state index contributed by atoms with van der Waals surface area (Å²) >= 11 is 0. The van der Waals surface area contributed by atoms with E-state index < -0.39 is 0 Å². The van der Waals surface area contributed by atoms with E-state index in [2.05, 4.69) is 17.1 Å². The second kappa shape index (κ2) is 6.80. The molecule has 1 aliphatic rings. The van der Waals surface area contributed by atoms with Crippen LogP contribution < -0.4 is 11.1 Å². The van der Waals surface area contributed by atoms with Crippen LogP contribution in [0.25, 0.3) is 0 Å². The zero-order chi connectivity index (χ0) is 11.1. The lowest BCUT2D eigenvalue weighted by molar-refractivity contribution is -0.119. The van der Waals surface area contributed by atoms with Crippen LogP contribution in [0.4, 0.5) is 0 Å². The van der Waals surface area contributed by atoms with E-state index in [0.717, 1.165) is 19.5 Å². The second-order valence-electron chi connectivity index (χ2n) is 4.27. The molecule has 0 aromatic heterocycles. The van der Waals surface area contributed by atoms with E-state index in [1.165, 1.54) is 25.8 Å². The molecule has 0 spiro atoms. The average molecular weight is 213 g/mol. The van der Waals surface area contributed by atoms with Crippen LogP contribution in [0.15, 0.2) is 0 Å². The Labute approximate surface area is 92.2 Å². The number of carbonyl (C=O) groups excluding carboxylic acids is 1. The number of hydrogen-bond acceptors (Lipinski definition) is 3. The number of primary amides is 1. The lowest BCUT2D eigenvalue weighted by atomic mass is 10.1. The monoisotopic (exact) mass is 213 g/mol. The Morgan fingerprint density at radius 2 is 2.40 bits per heavy atom. The van der Waals surface area contributed by atoms with Gasteiger partial charge in [-0.3, -0.25) is 9.69 Å². The van der Waals surface area contributed by atoms with E-state index >= 15 is 0 Å². The van der Waals surface area contributed by atoms with E-state index in [4.69, 9.17) is 5.73 Å². The highest BCUT2D eigenvalue weighted by atomic mass is 16.1. The highest BCUT2D eigenvalue weighted by Gasteiger charge is 2.14. The fourth-order valence-corrected chi connectivity index (χ4v) is 2.13. The maximum Gasteiger partial charge on any atom is 0.231 e. The summed E-state index contributed by atoms with van der Waals surface area (Å²) in [5.41, 5.74) is 5.17. The number of amides is 1. The summed E-state index contributed by atoms with van der Waals surface area (Å²) in [5, 5.41) is 3.48. The van der Waals surface area contributed by atoms with Gasteiger partial charge in [0, 0.05) is 6.04 Å². The normalized spacial score (nSPS) is 21.1. The maximum absolute atomic E-state index is 10.8. The topological polar surface area (TPSA) is 58.4 Å². The molecule has 0 aliphatic carbocycles. The Morgan fingerprint density at radius 1 is 1.60 bits per heavy atom. The van der Waals surface area contributed by atoms with E-state index in [1.54, 1.807) is 0 Å². The smallest absolute Gasteiger partial charge is 0.231 e. The van der Waals surface area contributed by atoms with Gasteiger partial charge in [-0.2, -0.15) is 0 Å². The molecule has 15 heavy (non-hydrogen) atoms. The first kappa shape index (κ1) is 12.5. The van der Waals surface area contributed by atoms with Gasteiger partial charge in [0.1, 0.15) is 0 Å². The molecule has 88 valence electrons. The van der Waals surface area contributed by atoms with Crippen molar-refractivity contribution in [2.75, 3.05) is 26.2 Å². The van der Waals surface area contributed by atoms with Crippen molar-refractivity contribution in [3.8, 4) is 0 Å². The molecule has 1 aliphatic heterocycles. The van der Waals surface area contributed by atoms with Crippen molar-refractivity contribution in [3.63, 3.8) is 0 Å². The summed E-state index contributed by atoms with van der Waals surface area (Å²) in [4.78, 5) is 12.9. The Hall–Kier alpha value is -0.610. The first-order valence-corrected chi connectivity index (χ1v) is 5.96. The van der Waals surface area contributed by atoms with Gasteiger partial charge < -0.3 is 11.1 Å². The molecule has 0 radical (unpaired) electrons. The van der Waals surface area contributed by atoms with Crippen LogP contribution in [-0.4, -0.2) is 43.0 Å². The van der Waals surface area contributed by atoms with Crippen molar-refractivity contribution in [3.05, 3.63) is 0 Å². The fourth-order valence-electron chi connectivity index (χ4n) is 2.13. The summed E-state index contributed by atoms with van der Waals surface area (Å²) in [6.07, 6.45) is 4.99. The number of carbonyl (C=O) groups is 1. The predicted molar refractivity (Wildman–Crippen MR) is 61.6 cm³/mol. The minimum absolute atomic E-state index is 0.226. The Balaban J connectivity index is 2.07. The van der Waals surface area contributed by atoms with Gasteiger partial charge in [0.2, 0.25) is 5.91 Å². The third kappa shape index (κ3) is 5.14. The lowest BCUT2D eigenvalue weighted by Crippen LogP contribution is -2.35. The molecule has 0 aromatic rings. The van der Waals surface area contributed by atoms with Crippen LogP contribution in [-0.2, 0) is 4.79 Å². The van der Waals surface area contributed by atoms with Crippen molar-refractivity contribution in [2.45, 2.75) is 38.6 Å². The SMILES string of the molecule is CCN(CCCC1CCCN1)CC(N)=O. The second-order valence-corrected chi connectivity index (χ2v) is 4.27. The molecule has 0 saturated carbocycles. The molecule has 1 atom stereocenters. The van der Waals surface area contributed by atoms with E-state index in [1.807, 2.05) is 0 Å². The largest absolute Gasteiger partial charge is 0.369 e. The Morgan fingerprint density at radius 3 is 2.93 bits per heavy atom. The number of nitrogens with zero attached hydrogens (tertiary/aromatic N) is 1. The highest BCUT2D eigenvalue weighted by Crippen LogP contribution is 2.10.